The van der Waals surface area contributed by atoms with Crippen molar-refractivity contribution in [1.82, 2.24) is 9.88 Å². The summed E-state index contributed by atoms with van der Waals surface area (Å²) in [4.78, 5) is 0. The molecule has 0 atom stereocenters. The zero-order valence-electron chi connectivity index (χ0n) is 11.5. The first kappa shape index (κ1) is 12.9. The van der Waals surface area contributed by atoms with Crippen molar-refractivity contribution in [3.05, 3.63) is 48.2 Å². The highest BCUT2D eigenvalue weighted by molar-refractivity contribution is 5.81. The first-order chi connectivity index (χ1) is 8.56. The number of hydrogen-bond donors (Lipinski definition) is 1. The van der Waals surface area contributed by atoms with Gasteiger partial charge in [0.05, 0.1) is 0 Å². The second kappa shape index (κ2) is 5.40. The number of allylic oxidation sites excluding steroid dienone is 1. The van der Waals surface area contributed by atoms with E-state index in [2.05, 4.69) is 67.7 Å². The average Bonchev–Trinajstić information content (AvgIpc) is 2.68. The lowest BCUT2D eigenvalue weighted by molar-refractivity contribution is 0.589. The third kappa shape index (κ3) is 3.02. The van der Waals surface area contributed by atoms with Gasteiger partial charge in [0.2, 0.25) is 0 Å². The molecule has 96 valence electrons. The van der Waals surface area contributed by atoms with Crippen LogP contribution in [0.4, 0.5) is 0 Å². The van der Waals surface area contributed by atoms with Crippen LogP contribution in [0.1, 0.15) is 26.3 Å². The Kier molecular flexibility index (Phi) is 3.87. The van der Waals surface area contributed by atoms with Gasteiger partial charge in [0.25, 0.3) is 0 Å². The largest absolute Gasteiger partial charge is 0.343 e. The van der Waals surface area contributed by atoms with E-state index >= 15 is 0 Å². The lowest BCUT2D eigenvalue weighted by Crippen LogP contribution is -2.21. The Morgan fingerprint density at radius 3 is 2.78 bits per heavy atom. The van der Waals surface area contributed by atoms with Crippen molar-refractivity contribution >= 4 is 10.9 Å². The van der Waals surface area contributed by atoms with E-state index in [0.717, 1.165) is 13.1 Å². The normalized spacial score (nSPS) is 11.3. The van der Waals surface area contributed by atoms with Gasteiger partial charge in [-0.2, -0.15) is 0 Å². The number of rotatable bonds is 5. The maximum absolute atomic E-state index is 3.97. The van der Waals surface area contributed by atoms with Gasteiger partial charge >= 0.3 is 0 Å². The molecule has 0 unspecified atom stereocenters. The Balaban J connectivity index is 2.22. The van der Waals surface area contributed by atoms with E-state index in [1.54, 1.807) is 0 Å². The summed E-state index contributed by atoms with van der Waals surface area (Å²) in [6.07, 6.45) is 2.14. The van der Waals surface area contributed by atoms with E-state index in [-0.39, 0.29) is 0 Å². The third-order valence-electron chi connectivity index (χ3n) is 2.99. The molecule has 1 N–H and O–H groups in total. The molecular weight excluding hydrogens is 220 g/mol. The minimum Gasteiger partial charge on any atom is -0.343 e. The van der Waals surface area contributed by atoms with Gasteiger partial charge in [-0.3, -0.25) is 0 Å². The van der Waals surface area contributed by atoms with Crippen LogP contribution < -0.4 is 5.32 Å². The molecule has 2 heteroatoms. The quantitative estimate of drug-likeness (QED) is 0.791. The van der Waals surface area contributed by atoms with Crippen molar-refractivity contribution in [3.8, 4) is 0 Å². The van der Waals surface area contributed by atoms with Gasteiger partial charge in [-0.05, 0) is 36.1 Å². The molecule has 0 spiro atoms. The molecule has 1 heterocycles. The Hall–Kier alpha value is -1.54. The SMILES string of the molecule is C=C(C)Cn1ccc2cc(CNC(C)C)ccc21. The van der Waals surface area contributed by atoms with Crippen LogP contribution in [-0.2, 0) is 13.1 Å². The van der Waals surface area contributed by atoms with Gasteiger partial charge in [-0.1, -0.05) is 32.1 Å². The molecule has 1 aromatic heterocycles. The fourth-order valence-corrected chi connectivity index (χ4v) is 2.11. The smallest absolute Gasteiger partial charge is 0.0483 e. The molecule has 0 aliphatic rings. The number of nitrogens with zero attached hydrogens (tertiary/aromatic N) is 1. The van der Waals surface area contributed by atoms with Crippen LogP contribution in [0.3, 0.4) is 0 Å². The molecule has 0 bridgehead atoms. The van der Waals surface area contributed by atoms with Crippen molar-refractivity contribution in [2.45, 2.75) is 39.9 Å². The van der Waals surface area contributed by atoms with E-state index in [1.165, 1.54) is 22.0 Å². The highest BCUT2D eigenvalue weighted by Crippen LogP contribution is 2.18. The van der Waals surface area contributed by atoms with Gasteiger partial charge in [0.1, 0.15) is 0 Å². The fraction of sp³-hybridized carbons (Fsp3) is 0.375. The van der Waals surface area contributed by atoms with Crippen LogP contribution in [0, 0.1) is 0 Å². The second-order valence-electron chi connectivity index (χ2n) is 5.33. The van der Waals surface area contributed by atoms with Gasteiger partial charge in [0, 0.05) is 30.8 Å². The molecule has 0 fully saturated rings. The van der Waals surface area contributed by atoms with Crippen LogP contribution in [0.5, 0.6) is 0 Å². The van der Waals surface area contributed by atoms with Crippen molar-refractivity contribution in [1.29, 1.82) is 0 Å². The summed E-state index contributed by atoms with van der Waals surface area (Å²) >= 11 is 0. The molecule has 1 aromatic carbocycles. The van der Waals surface area contributed by atoms with Crippen LogP contribution in [0.15, 0.2) is 42.6 Å². The van der Waals surface area contributed by atoms with Crippen LogP contribution in [-0.4, -0.2) is 10.6 Å². The molecule has 0 amide bonds. The van der Waals surface area contributed by atoms with Crippen molar-refractivity contribution in [3.63, 3.8) is 0 Å². The molecule has 0 saturated heterocycles. The molecule has 0 aliphatic carbocycles. The van der Waals surface area contributed by atoms with Crippen molar-refractivity contribution in [2.75, 3.05) is 0 Å². The Morgan fingerprint density at radius 2 is 2.11 bits per heavy atom. The summed E-state index contributed by atoms with van der Waals surface area (Å²) in [5.41, 5.74) is 3.80. The van der Waals surface area contributed by atoms with Gasteiger partial charge in [0.15, 0.2) is 0 Å². The molecule has 0 saturated carbocycles. The Labute approximate surface area is 109 Å². The van der Waals surface area contributed by atoms with E-state index in [1.807, 2.05) is 0 Å². The van der Waals surface area contributed by atoms with Crippen LogP contribution in [0.2, 0.25) is 0 Å². The van der Waals surface area contributed by atoms with E-state index in [0.29, 0.717) is 6.04 Å². The molecule has 0 aliphatic heterocycles. The highest BCUT2D eigenvalue weighted by atomic mass is 14.9. The van der Waals surface area contributed by atoms with Crippen LogP contribution in [0.25, 0.3) is 10.9 Å². The van der Waals surface area contributed by atoms with Gasteiger partial charge < -0.3 is 9.88 Å². The number of fused-ring (bicyclic) bond motifs is 1. The summed E-state index contributed by atoms with van der Waals surface area (Å²) in [7, 11) is 0. The van der Waals surface area contributed by atoms with E-state index < -0.39 is 0 Å². The Bertz CT molecular complexity index is 549. The predicted molar refractivity (Wildman–Crippen MR) is 78.7 cm³/mol. The zero-order valence-corrected chi connectivity index (χ0v) is 11.5. The number of nitrogens with one attached hydrogen (secondary N) is 1. The maximum Gasteiger partial charge on any atom is 0.0483 e. The molecule has 2 rings (SSSR count). The summed E-state index contributed by atoms with van der Waals surface area (Å²) in [5, 5.41) is 4.75. The molecule has 2 nitrogen and oxygen atoms in total. The van der Waals surface area contributed by atoms with Crippen molar-refractivity contribution in [2.24, 2.45) is 0 Å². The van der Waals surface area contributed by atoms with Gasteiger partial charge in [-0.15, -0.1) is 0 Å². The highest BCUT2D eigenvalue weighted by Gasteiger charge is 2.02. The van der Waals surface area contributed by atoms with E-state index in [4.69, 9.17) is 0 Å². The number of benzene rings is 1. The third-order valence-corrected chi connectivity index (χ3v) is 2.99. The summed E-state index contributed by atoms with van der Waals surface area (Å²) in [6, 6.07) is 9.37. The molecule has 0 radical (unpaired) electrons. The predicted octanol–water partition coefficient (Wildman–Crippen LogP) is 3.72. The number of hydrogen-bond acceptors (Lipinski definition) is 1. The lowest BCUT2D eigenvalue weighted by Gasteiger charge is -2.09. The maximum atomic E-state index is 3.97. The first-order valence-electron chi connectivity index (χ1n) is 6.52. The van der Waals surface area contributed by atoms with Crippen molar-refractivity contribution < 1.29 is 0 Å². The molecule has 2 aromatic rings. The minimum atomic E-state index is 0.522. The molecule has 18 heavy (non-hydrogen) atoms. The van der Waals surface area contributed by atoms with Crippen LogP contribution >= 0.6 is 0 Å². The Morgan fingerprint density at radius 1 is 1.33 bits per heavy atom. The zero-order chi connectivity index (χ0) is 13.1. The first-order valence-corrected chi connectivity index (χ1v) is 6.52. The van der Waals surface area contributed by atoms with Gasteiger partial charge in [-0.25, -0.2) is 0 Å². The lowest BCUT2D eigenvalue weighted by atomic mass is 10.1. The standard InChI is InChI=1S/C16H22N2/c1-12(2)11-18-8-7-15-9-14(5-6-16(15)18)10-17-13(3)4/h5-9,13,17H,1,10-11H2,2-4H3. The second-order valence-corrected chi connectivity index (χ2v) is 5.33. The van der Waals surface area contributed by atoms with E-state index in [9.17, 15) is 0 Å². The monoisotopic (exact) mass is 242 g/mol. The summed E-state index contributed by atoms with van der Waals surface area (Å²) in [5.74, 6) is 0. The fourth-order valence-electron chi connectivity index (χ4n) is 2.11. The summed E-state index contributed by atoms with van der Waals surface area (Å²) in [6.45, 7) is 12.2. The number of aromatic nitrogens is 1. The topological polar surface area (TPSA) is 17.0 Å². The molecular formula is C16H22N2. The summed E-state index contributed by atoms with van der Waals surface area (Å²) < 4.78 is 2.25. The minimum absolute atomic E-state index is 0.522. The average molecular weight is 242 g/mol.